The molecule has 2 unspecified atom stereocenters. The molecule has 0 amide bonds. The van der Waals surface area contributed by atoms with E-state index in [1.54, 1.807) is 0 Å². The number of rotatable bonds is 1. The molecule has 5 heteroatoms. The summed E-state index contributed by atoms with van der Waals surface area (Å²) in [5, 5.41) is 9.20. The Bertz CT molecular complexity index is 231. The van der Waals surface area contributed by atoms with E-state index in [1.165, 1.54) is 4.90 Å². The van der Waals surface area contributed by atoms with Crippen LogP contribution in [0, 0.1) is 0 Å². The van der Waals surface area contributed by atoms with Gasteiger partial charge in [0.15, 0.2) is 0 Å². The maximum Gasteiger partial charge on any atom is 0.404 e. The van der Waals surface area contributed by atoms with Crippen molar-refractivity contribution in [1.82, 2.24) is 4.90 Å². The number of hydrogen-bond acceptors (Lipinski definition) is 2. The molecule has 0 spiro atoms. The minimum Gasteiger partial charge on any atom is -0.394 e. The fraction of sp³-hybridized carbons (Fsp3) is 1.00. The molecular weight excluding hydrogens is 195 g/mol. The molecule has 0 aromatic heterocycles. The van der Waals surface area contributed by atoms with Crippen molar-refractivity contribution in [3.05, 3.63) is 0 Å². The Hall–Kier alpha value is -0.290. The van der Waals surface area contributed by atoms with Crippen molar-refractivity contribution in [3.63, 3.8) is 0 Å². The van der Waals surface area contributed by atoms with E-state index < -0.39 is 17.8 Å². The van der Waals surface area contributed by atoms with Gasteiger partial charge in [0.25, 0.3) is 0 Å². The Morgan fingerprint density at radius 3 is 2.64 bits per heavy atom. The summed E-state index contributed by atoms with van der Waals surface area (Å²) >= 11 is 0. The van der Waals surface area contributed by atoms with Crippen molar-refractivity contribution >= 4 is 0 Å². The predicted molar refractivity (Wildman–Crippen MR) is 44.8 cm³/mol. The summed E-state index contributed by atoms with van der Waals surface area (Å²) in [5.74, 6) is 0. The predicted octanol–water partition coefficient (Wildman–Crippen LogP) is 1.54. The normalized spacial score (nSPS) is 39.0. The first-order chi connectivity index (χ1) is 6.49. The van der Waals surface area contributed by atoms with Gasteiger partial charge in [-0.25, -0.2) is 0 Å². The molecule has 0 bridgehead atoms. The van der Waals surface area contributed by atoms with Crippen LogP contribution in [0.2, 0.25) is 0 Å². The summed E-state index contributed by atoms with van der Waals surface area (Å²) in [6, 6.07) is -1.32. The van der Waals surface area contributed by atoms with Crippen LogP contribution in [-0.2, 0) is 0 Å². The van der Waals surface area contributed by atoms with Gasteiger partial charge in [-0.05, 0) is 32.2 Å². The molecule has 2 nitrogen and oxygen atoms in total. The van der Waals surface area contributed by atoms with Gasteiger partial charge in [0.1, 0.15) is 6.04 Å². The van der Waals surface area contributed by atoms with Crippen LogP contribution in [0.3, 0.4) is 0 Å². The molecule has 2 heterocycles. The Balaban J connectivity index is 2.20. The summed E-state index contributed by atoms with van der Waals surface area (Å²) < 4.78 is 37.7. The Labute approximate surface area is 80.7 Å². The van der Waals surface area contributed by atoms with Gasteiger partial charge in [-0.2, -0.15) is 13.2 Å². The lowest BCUT2D eigenvalue weighted by molar-refractivity contribution is -0.182. The van der Waals surface area contributed by atoms with E-state index in [9.17, 15) is 18.3 Å². The highest BCUT2D eigenvalue weighted by Crippen LogP contribution is 2.46. The molecule has 2 saturated heterocycles. The Morgan fingerprint density at radius 2 is 2.07 bits per heavy atom. The molecule has 82 valence electrons. The van der Waals surface area contributed by atoms with Crippen molar-refractivity contribution in [2.75, 3.05) is 13.2 Å². The first kappa shape index (κ1) is 10.2. The van der Waals surface area contributed by atoms with Gasteiger partial charge < -0.3 is 5.11 Å². The van der Waals surface area contributed by atoms with E-state index in [0.29, 0.717) is 19.4 Å². The first-order valence-electron chi connectivity index (χ1n) is 4.94. The van der Waals surface area contributed by atoms with E-state index in [2.05, 4.69) is 0 Å². The molecule has 0 saturated carbocycles. The van der Waals surface area contributed by atoms with E-state index in [-0.39, 0.29) is 13.0 Å². The van der Waals surface area contributed by atoms with Crippen LogP contribution in [0.4, 0.5) is 13.2 Å². The van der Waals surface area contributed by atoms with Gasteiger partial charge in [-0.3, -0.25) is 4.90 Å². The van der Waals surface area contributed by atoms with Crippen molar-refractivity contribution in [2.24, 2.45) is 0 Å². The van der Waals surface area contributed by atoms with Gasteiger partial charge in [-0.1, -0.05) is 0 Å². The third kappa shape index (κ3) is 1.34. The topological polar surface area (TPSA) is 23.5 Å². The zero-order chi connectivity index (χ0) is 10.4. The smallest absolute Gasteiger partial charge is 0.394 e. The van der Waals surface area contributed by atoms with E-state index >= 15 is 0 Å². The van der Waals surface area contributed by atoms with Crippen LogP contribution >= 0.6 is 0 Å². The number of nitrogens with zero attached hydrogens (tertiary/aromatic N) is 1. The molecule has 2 atom stereocenters. The Morgan fingerprint density at radius 1 is 1.36 bits per heavy atom. The van der Waals surface area contributed by atoms with Crippen LogP contribution in [0.25, 0.3) is 0 Å². The zero-order valence-corrected chi connectivity index (χ0v) is 7.85. The molecule has 2 rings (SSSR count). The molecular formula is C9H14F3NO. The second-order valence-electron chi connectivity index (χ2n) is 4.28. The fourth-order valence-electron chi connectivity index (χ4n) is 2.86. The van der Waals surface area contributed by atoms with E-state index in [0.717, 1.165) is 6.42 Å². The largest absolute Gasteiger partial charge is 0.404 e. The van der Waals surface area contributed by atoms with Crippen LogP contribution in [0.15, 0.2) is 0 Å². The lowest BCUT2D eigenvalue weighted by Crippen LogP contribution is -2.49. The number of aliphatic hydroxyl groups excluding tert-OH is 1. The third-order valence-electron chi connectivity index (χ3n) is 3.58. The van der Waals surface area contributed by atoms with Crippen LogP contribution in [0.5, 0.6) is 0 Å². The van der Waals surface area contributed by atoms with E-state index in [4.69, 9.17) is 0 Å². The molecule has 2 fully saturated rings. The number of aliphatic hydroxyl groups is 1. The average Bonchev–Trinajstić information content (AvgIpc) is 2.57. The molecule has 14 heavy (non-hydrogen) atoms. The quantitative estimate of drug-likeness (QED) is 0.708. The van der Waals surface area contributed by atoms with Crippen molar-refractivity contribution < 1.29 is 18.3 Å². The first-order valence-corrected chi connectivity index (χ1v) is 4.94. The summed E-state index contributed by atoms with van der Waals surface area (Å²) in [4.78, 5) is 1.47. The van der Waals surface area contributed by atoms with E-state index in [1.807, 2.05) is 0 Å². The fourth-order valence-corrected chi connectivity index (χ4v) is 2.86. The van der Waals surface area contributed by atoms with Gasteiger partial charge in [-0.15, -0.1) is 0 Å². The van der Waals surface area contributed by atoms with Crippen molar-refractivity contribution in [2.45, 2.75) is 43.4 Å². The number of fused-ring (bicyclic) bond motifs is 1. The minimum absolute atomic E-state index is 0.139. The van der Waals surface area contributed by atoms with Crippen molar-refractivity contribution in [3.8, 4) is 0 Å². The number of alkyl halides is 3. The van der Waals surface area contributed by atoms with Gasteiger partial charge in [0, 0.05) is 5.54 Å². The lowest BCUT2D eigenvalue weighted by atomic mass is 9.95. The molecule has 2 aliphatic heterocycles. The highest BCUT2D eigenvalue weighted by Gasteiger charge is 2.57. The minimum atomic E-state index is -4.14. The molecule has 2 aliphatic rings. The van der Waals surface area contributed by atoms with Crippen LogP contribution in [0.1, 0.15) is 25.7 Å². The van der Waals surface area contributed by atoms with Crippen LogP contribution in [-0.4, -0.2) is 40.9 Å². The van der Waals surface area contributed by atoms with Crippen LogP contribution < -0.4 is 0 Å². The Kier molecular flexibility index (Phi) is 2.27. The second kappa shape index (κ2) is 3.10. The highest BCUT2D eigenvalue weighted by molar-refractivity contribution is 5.05. The van der Waals surface area contributed by atoms with Gasteiger partial charge >= 0.3 is 6.18 Å². The molecule has 1 N–H and O–H groups in total. The summed E-state index contributed by atoms with van der Waals surface area (Å²) in [5.41, 5.74) is -0.555. The SMILES string of the molecule is OCC12CCCN1C(C(F)(F)F)CC2. The third-order valence-corrected chi connectivity index (χ3v) is 3.58. The molecule has 0 aromatic carbocycles. The summed E-state index contributed by atoms with van der Waals surface area (Å²) in [6.45, 7) is 0.338. The summed E-state index contributed by atoms with van der Waals surface area (Å²) in [6.07, 6.45) is -2.04. The lowest BCUT2D eigenvalue weighted by Gasteiger charge is -2.33. The zero-order valence-electron chi connectivity index (χ0n) is 7.85. The monoisotopic (exact) mass is 209 g/mol. The highest BCUT2D eigenvalue weighted by atomic mass is 19.4. The average molecular weight is 209 g/mol. The number of hydrogen-bond donors (Lipinski definition) is 1. The standard InChI is InChI=1S/C9H14F3NO/c10-9(11,12)7-2-4-8(6-14)3-1-5-13(7)8/h7,14H,1-6H2. The maximum atomic E-state index is 12.6. The molecule has 0 aromatic rings. The molecule has 0 aliphatic carbocycles. The summed E-state index contributed by atoms with van der Waals surface area (Å²) in [7, 11) is 0. The van der Waals surface area contributed by atoms with Gasteiger partial charge in [0.05, 0.1) is 6.61 Å². The van der Waals surface area contributed by atoms with Crippen molar-refractivity contribution in [1.29, 1.82) is 0 Å². The maximum absolute atomic E-state index is 12.6. The molecule has 0 radical (unpaired) electrons. The second-order valence-corrected chi connectivity index (χ2v) is 4.28. The van der Waals surface area contributed by atoms with Gasteiger partial charge in [0.2, 0.25) is 0 Å². The number of halogens is 3.